The Morgan fingerprint density at radius 3 is 2.64 bits per heavy atom. The number of ether oxygens (including phenoxy) is 2. The highest BCUT2D eigenvalue weighted by Crippen LogP contribution is 2.41. The fraction of sp³-hybridized carbons (Fsp3) is 0.256. The Bertz CT molecular complexity index is 2320. The first kappa shape index (κ1) is 37.3. The number of carbonyl (C=O) groups is 4. The summed E-state index contributed by atoms with van der Waals surface area (Å²) in [5.74, 6) is -2.37. The van der Waals surface area contributed by atoms with E-state index in [4.69, 9.17) is 25.9 Å². The molecule has 0 unspecified atom stereocenters. The number of carbonyl (C=O) groups excluding carboxylic acids is 4. The molecular weight excluding hydrogens is 738 g/mol. The van der Waals surface area contributed by atoms with Crippen molar-refractivity contribution in [1.29, 1.82) is 0 Å². The largest absolute Gasteiger partial charge is 0.475 e. The lowest BCUT2D eigenvalue weighted by Crippen LogP contribution is -2.43. The number of nitrogens with zero attached hydrogens (tertiary/aromatic N) is 3. The van der Waals surface area contributed by atoms with Crippen LogP contribution in [-0.2, 0) is 36.9 Å². The van der Waals surface area contributed by atoms with Gasteiger partial charge in [0.05, 0.1) is 42.2 Å². The lowest BCUT2D eigenvalue weighted by Gasteiger charge is -2.23. The molecule has 13 nitrogen and oxygen atoms in total. The molecule has 3 N–H and O–H groups in total. The van der Waals surface area contributed by atoms with Crippen LogP contribution in [0.25, 0.3) is 22.0 Å². The van der Waals surface area contributed by atoms with Gasteiger partial charge in [0, 0.05) is 59.1 Å². The molecule has 5 aromatic rings. The van der Waals surface area contributed by atoms with Crippen LogP contribution < -0.4 is 20.9 Å². The van der Waals surface area contributed by atoms with Gasteiger partial charge in [0.25, 0.3) is 0 Å². The van der Waals surface area contributed by atoms with Crippen molar-refractivity contribution in [3.63, 3.8) is 0 Å². The third kappa shape index (κ3) is 7.79. The molecule has 1 saturated heterocycles. The summed E-state index contributed by atoms with van der Waals surface area (Å²) in [5.41, 5.74) is 5.88. The summed E-state index contributed by atoms with van der Waals surface area (Å²) in [5, 5.41) is 6.67. The predicted octanol–water partition coefficient (Wildman–Crippen LogP) is 6.47. The Labute approximate surface area is 318 Å². The molecular formula is C39H35ClF2N6O7. The van der Waals surface area contributed by atoms with Crippen molar-refractivity contribution in [3.05, 3.63) is 95.0 Å². The van der Waals surface area contributed by atoms with E-state index >= 15 is 4.39 Å². The van der Waals surface area contributed by atoms with Gasteiger partial charge in [-0.1, -0.05) is 35.9 Å². The fourth-order valence-electron chi connectivity index (χ4n) is 6.70. The van der Waals surface area contributed by atoms with Gasteiger partial charge in [-0.25, -0.2) is 24.0 Å². The number of fused-ring (bicyclic) bond motifs is 2. The van der Waals surface area contributed by atoms with Gasteiger partial charge in [0.1, 0.15) is 31.1 Å². The van der Waals surface area contributed by atoms with Crippen LogP contribution in [0.2, 0.25) is 5.02 Å². The number of anilines is 4. The van der Waals surface area contributed by atoms with Crippen LogP contribution in [0.1, 0.15) is 29.3 Å². The Kier molecular flexibility index (Phi) is 10.7. The maximum Gasteiger partial charge on any atom is 0.354 e. The number of methoxy groups -OCH3 is 1. The lowest BCUT2D eigenvalue weighted by molar-refractivity contribution is -0.151. The average molecular weight is 773 g/mol. The van der Waals surface area contributed by atoms with Gasteiger partial charge in [-0.3, -0.25) is 14.4 Å². The monoisotopic (exact) mass is 772 g/mol. The van der Waals surface area contributed by atoms with Gasteiger partial charge < -0.3 is 34.4 Å². The van der Waals surface area contributed by atoms with Crippen LogP contribution in [0.3, 0.4) is 0 Å². The molecule has 16 heteroatoms. The van der Waals surface area contributed by atoms with E-state index in [1.807, 2.05) is 0 Å². The third-order valence-corrected chi connectivity index (χ3v) is 9.76. The van der Waals surface area contributed by atoms with E-state index in [9.17, 15) is 23.6 Å². The molecule has 2 aromatic heterocycles. The predicted molar refractivity (Wildman–Crippen MR) is 201 cm³/mol. The number of Topliss-reactive ketones (excluding diaryl/α,β-unsaturated/α-hetero) is 1. The van der Waals surface area contributed by atoms with E-state index in [2.05, 4.69) is 21.1 Å². The molecule has 2 amide bonds. The SMILES string of the molecule is COCCOc1ccc(Nc2ccc3c(c2)c(C(C)=O)cn3CC(=O)N2C[C@H](F)C[C@H]2C(=O)ONc2cccc(-c3ccc4c(c3Cl)NC(=O)C4)c2F)cn1. The number of likely N-dealkylation sites (tertiary alicyclic amines) is 1. The van der Waals surface area contributed by atoms with Crippen LogP contribution in [0.4, 0.5) is 31.5 Å². The molecule has 0 aliphatic carbocycles. The summed E-state index contributed by atoms with van der Waals surface area (Å²) < 4.78 is 42.6. The number of halogens is 3. The molecule has 0 radical (unpaired) electrons. The number of hydrogen-bond donors (Lipinski definition) is 3. The van der Waals surface area contributed by atoms with E-state index < -0.39 is 29.9 Å². The number of rotatable bonds is 13. The molecule has 0 spiro atoms. The molecule has 3 aromatic carbocycles. The quantitative estimate of drug-likeness (QED) is 0.0690. The molecule has 2 aliphatic rings. The second-order valence-electron chi connectivity index (χ2n) is 13.1. The Morgan fingerprint density at radius 1 is 1.05 bits per heavy atom. The van der Waals surface area contributed by atoms with E-state index in [-0.39, 0.29) is 53.9 Å². The average Bonchev–Trinajstić information content (AvgIpc) is 3.86. The van der Waals surface area contributed by atoms with Crippen LogP contribution in [0.5, 0.6) is 5.88 Å². The highest BCUT2D eigenvalue weighted by atomic mass is 35.5. The molecule has 2 aliphatic heterocycles. The van der Waals surface area contributed by atoms with Gasteiger partial charge in [-0.15, -0.1) is 0 Å². The van der Waals surface area contributed by atoms with Crippen molar-refractivity contribution in [3.8, 4) is 17.0 Å². The van der Waals surface area contributed by atoms with Crippen LogP contribution in [0.15, 0.2) is 73.1 Å². The van der Waals surface area contributed by atoms with Gasteiger partial charge in [0.15, 0.2) is 11.6 Å². The van der Waals surface area contributed by atoms with Crippen molar-refractivity contribution in [2.24, 2.45) is 0 Å². The number of alkyl halides is 1. The van der Waals surface area contributed by atoms with E-state index in [1.54, 1.807) is 66.5 Å². The molecule has 55 heavy (non-hydrogen) atoms. The normalized spacial score (nSPS) is 16.2. The Balaban J connectivity index is 1.03. The number of pyridine rings is 1. The second-order valence-corrected chi connectivity index (χ2v) is 13.5. The summed E-state index contributed by atoms with van der Waals surface area (Å²) in [6.07, 6.45) is 1.50. The number of hydrogen-bond acceptors (Lipinski definition) is 10. The van der Waals surface area contributed by atoms with Crippen LogP contribution >= 0.6 is 11.6 Å². The molecule has 284 valence electrons. The first-order valence-corrected chi connectivity index (χ1v) is 17.7. The van der Waals surface area contributed by atoms with Crippen molar-refractivity contribution >= 4 is 68.8 Å². The topological polar surface area (TPSA) is 153 Å². The smallest absolute Gasteiger partial charge is 0.354 e. The lowest BCUT2D eigenvalue weighted by atomic mass is 10.0. The molecule has 0 bridgehead atoms. The third-order valence-electron chi connectivity index (χ3n) is 9.37. The van der Waals surface area contributed by atoms with Gasteiger partial charge in [0.2, 0.25) is 17.7 Å². The van der Waals surface area contributed by atoms with Crippen LogP contribution in [0, 0.1) is 5.82 Å². The summed E-state index contributed by atoms with van der Waals surface area (Å²) in [4.78, 5) is 62.1. The maximum absolute atomic E-state index is 15.7. The van der Waals surface area contributed by atoms with E-state index in [0.717, 1.165) is 4.90 Å². The molecule has 0 saturated carbocycles. The number of benzene rings is 3. The maximum atomic E-state index is 15.7. The van der Waals surface area contributed by atoms with Gasteiger partial charge in [-0.05, 0) is 42.8 Å². The number of nitrogens with one attached hydrogen (secondary N) is 3. The fourth-order valence-corrected chi connectivity index (χ4v) is 7.03. The van der Waals surface area contributed by atoms with Crippen molar-refractivity contribution in [2.45, 2.75) is 38.5 Å². The first-order chi connectivity index (χ1) is 26.5. The molecule has 1 fully saturated rings. The Morgan fingerprint density at radius 2 is 1.87 bits per heavy atom. The van der Waals surface area contributed by atoms with Gasteiger partial charge in [-0.2, -0.15) is 0 Å². The highest BCUT2D eigenvalue weighted by Gasteiger charge is 2.41. The second kappa shape index (κ2) is 15.7. The molecule has 7 rings (SSSR count). The van der Waals surface area contributed by atoms with Crippen LogP contribution in [-0.4, -0.2) is 77.1 Å². The minimum absolute atomic E-state index is 0.0819. The molecule has 2 atom stereocenters. The minimum Gasteiger partial charge on any atom is -0.475 e. The van der Waals surface area contributed by atoms with Gasteiger partial charge >= 0.3 is 5.97 Å². The van der Waals surface area contributed by atoms with E-state index in [1.165, 1.54) is 25.1 Å². The first-order valence-electron chi connectivity index (χ1n) is 17.3. The summed E-state index contributed by atoms with van der Waals surface area (Å²) in [6.45, 7) is 1.56. The number of ketones is 1. The summed E-state index contributed by atoms with van der Waals surface area (Å²) >= 11 is 6.52. The van der Waals surface area contributed by atoms with E-state index in [0.29, 0.717) is 63.7 Å². The zero-order valence-corrected chi connectivity index (χ0v) is 30.4. The van der Waals surface area contributed by atoms with Crippen molar-refractivity contribution < 1.29 is 42.3 Å². The Hall–Kier alpha value is -6.06. The number of amides is 2. The highest BCUT2D eigenvalue weighted by molar-refractivity contribution is 6.37. The standard InChI is InChI=1S/C39H35ClF2N6O7/c1-21(49)29-19-47(31-10-7-24(16-28(29)31)44-25-8-11-34(43-17-25)54-13-12-53-2)20-35(51)48-18-23(41)15-32(48)39(52)55-46-30-5-3-4-27(37(30)42)26-9-6-22-14-33(50)45-38(22)36(26)40/h3-11,16-17,19,23,32,44,46H,12-15,18,20H2,1-2H3,(H,45,50)/t23-,32+/m1/s1. The van der Waals surface area contributed by atoms with Crippen molar-refractivity contribution in [2.75, 3.05) is 43.0 Å². The summed E-state index contributed by atoms with van der Waals surface area (Å²) in [7, 11) is 1.58. The zero-order chi connectivity index (χ0) is 38.8. The minimum atomic E-state index is -1.51. The number of aromatic nitrogens is 2. The molecule has 4 heterocycles. The zero-order valence-electron chi connectivity index (χ0n) is 29.7. The summed E-state index contributed by atoms with van der Waals surface area (Å²) in [6, 6.07) is 15.1. The van der Waals surface area contributed by atoms with Crippen molar-refractivity contribution in [1.82, 2.24) is 14.5 Å².